The standard InChI is InChI=1S/C35H40N4O4/c1-35(2)21-28-33(30(40)22-35)34(26-20-25(42-3)14-15-31(26)43-4)39(29-13-9-8-12-27(29)36-28)23-32(41)38-18-16-37(17-19-38)24-10-6-5-7-11-24/h5-15,20,34,36H,16-19,21-23H2,1-4H3. The molecule has 2 heterocycles. The number of nitrogens with one attached hydrogen (secondary N) is 1. The van der Waals surface area contributed by atoms with Gasteiger partial charge in [-0.1, -0.05) is 44.2 Å². The number of benzene rings is 3. The molecule has 1 N–H and O–H groups in total. The SMILES string of the molecule is COc1ccc(OC)c(C2C3=C(CC(C)(C)CC3=O)Nc3ccccc3N2CC(=O)N2CCN(c3ccccc3)CC2)c1. The van der Waals surface area contributed by atoms with Crippen LogP contribution in [-0.4, -0.2) is 63.5 Å². The molecule has 0 saturated carbocycles. The molecule has 3 aliphatic rings. The molecule has 1 saturated heterocycles. The van der Waals surface area contributed by atoms with Crippen LogP contribution in [0.5, 0.6) is 11.5 Å². The monoisotopic (exact) mass is 580 g/mol. The van der Waals surface area contributed by atoms with Crippen molar-refractivity contribution < 1.29 is 19.1 Å². The molecule has 0 aromatic heterocycles. The van der Waals surface area contributed by atoms with Gasteiger partial charge in [-0.2, -0.15) is 0 Å². The number of para-hydroxylation sites is 3. The lowest BCUT2D eigenvalue weighted by atomic mass is 9.73. The van der Waals surface area contributed by atoms with Gasteiger partial charge in [0.25, 0.3) is 0 Å². The van der Waals surface area contributed by atoms with Gasteiger partial charge in [0, 0.05) is 55.1 Å². The predicted octanol–water partition coefficient (Wildman–Crippen LogP) is 5.67. The molecule has 1 amide bonds. The minimum atomic E-state index is -0.547. The Morgan fingerprint density at radius 2 is 1.63 bits per heavy atom. The molecular weight excluding hydrogens is 540 g/mol. The molecule has 1 atom stereocenters. The fourth-order valence-electron chi connectivity index (χ4n) is 6.70. The second kappa shape index (κ2) is 11.7. The van der Waals surface area contributed by atoms with Crippen molar-refractivity contribution >= 4 is 28.8 Å². The summed E-state index contributed by atoms with van der Waals surface area (Å²) in [5.41, 5.74) is 5.11. The zero-order valence-corrected chi connectivity index (χ0v) is 25.4. The van der Waals surface area contributed by atoms with Gasteiger partial charge in [-0.15, -0.1) is 0 Å². The Balaban J connectivity index is 1.41. The van der Waals surface area contributed by atoms with E-state index in [2.05, 4.69) is 41.1 Å². The number of Topliss-reactive ketones (excluding diaryl/α,β-unsaturated/α-hetero) is 1. The van der Waals surface area contributed by atoms with Crippen molar-refractivity contribution in [2.45, 2.75) is 32.7 Å². The lowest BCUT2D eigenvalue weighted by Crippen LogP contribution is -2.52. The van der Waals surface area contributed by atoms with Crippen LogP contribution in [0, 0.1) is 5.41 Å². The minimum Gasteiger partial charge on any atom is -0.497 e. The normalized spacial score (nSPS) is 19.7. The van der Waals surface area contributed by atoms with Crippen molar-refractivity contribution in [3.05, 3.63) is 89.6 Å². The van der Waals surface area contributed by atoms with Gasteiger partial charge in [-0.25, -0.2) is 0 Å². The molecule has 8 heteroatoms. The van der Waals surface area contributed by atoms with Gasteiger partial charge in [-0.3, -0.25) is 9.59 Å². The van der Waals surface area contributed by atoms with Gasteiger partial charge in [0.2, 0.25) is 5.91 Å². The smallest absolute Gasteiger partial charge is 0.242 e. The summed E-state index contributed by atoms with van der Waals surface area (Å²) in [6, 6.07) is 23.4. The lowest BCUT2D eigenvalue weighted by Gasteiger charge is -2.40. The quantitative estimate of drug-likeness (QED) is 0.403. The Kier molecular flexibility index (Phi) is 7.77. The molecule has 0 radical (unpaired) electrons. The van der Waals surface area contributed by atoms with Crippen LogP contribution in [0.2, 0.25) is 0 Å². The average molecular weight is 581 g/mol. The summed E-state index contributed by atoms with van der Waals surface area (Å²) in [6.07, 6.45) is 1.14. The minimum absolute atomic E-state index is 0.0296. The van der Waals surface area contributed by atoms with Crippen LogP contribution in [0.3, 0.4) is 0 Å². The number of nitrogens with zero attached hydrogens (tertiary/aromatic N) is 3. The van der Waals surface area contributed by atoms with E-state index in [4.69, 9.17) is 9.47 Å². The van der Waals surface area contributed by atoms with Crippen LogP contribution in [0.1, 0.15) is 38.3 Å². The van der Waals surface area contributed by atoms with Gasteiger partial charge in [0.15, 0.2) is 5.78 Å². The number of methoxy groups -OCH3 is 2. The third-order valence-corrected chi connectivity index (χ3v) is 8.79. The first kappa shape index (κ1) is 28.6. The molecule has 1 fully saturated rings. The number of ketones is 1. The third kappa shape index (κ3) is 5.66. The highest BCUT2D eigenvalue weighted by atomic mass is 16.5. The molecule has 3 aromatic carbocycles. The Hall–Kier alpha value is -4.46. The van der Waals surface area contributed by atoms with Crippen molar-refractivity contribution in [3.8, 4) is 11.5 Å². The average Bonchev–Trinajstić information content (AvgIpc) is 3.15. The Labute approximate surface area is 253 Å². The second-order valence-corrected chi connectivity index (χ2v) is 12.3. The number of amides is 1. The molecule has 1 aliphatic carbocycles. The maximum atomic E-state index is 14.1. The largest absolute Gasteiger partial charge is 0.497 e. The van der Waals surface area contributed by atoms with Gasteiger partial charge >= 0.3 is 0 Å². The van der Waals surface area contributed by atoms with Crippen LogP contribution < -0.4 is 24.6 Å². The number of carbonyl (C=O) groups is 2. The van der Waals surface area contributed by atoms with Gasteiger partial charge in [-0.05, 0) is 54.3 Å². The zero-order valence-electron chi connectivity index (χ0n) is 25.4. The van der Waals surface area contributed by atoms with E-state index < -0.39 is 6.04 Å². The number of fused-ring (bicyclic) bond motifs is 1. The van der Waals surface area contributed by atoms with Gasteiger partial charge in [0.05, 0.1) is 38.2 Å². The first-order chi connectivity index (χ1) is 20.8. The first-order valence-corrected chi connectivity index (χ1v) is 15.0. The summed E-state index contributed by atoms with van der Waals surface area (Å²) in [7, 11) is 3.27. The number of piperazine rings is 1. The van der Waals surface area contributed by atoms with E-state index in [9.17, 15) is 9.59 Å². The Morgan fingerprint density at radius 1 is 0.907 bits per heavy atom. The van der Waals surface area contributed by atoms with Crippen molar-refractivity contribution in [2.24, 2.45) is 5.41 Å². The van der Waals surface area contributed by atoms with E-state index in [0.717, 1.165) is 35.7 Å². The highest BCUT2D eigenvalue weighted by molar-refractivity contribution is 6.02. The number of anilines is 3. The molecular formula is C35H40N4O4. The van der Waals surface area contributed by atoms with Crippen LogP contribution in [0.15, 0.2) is 84.1 Å². The van der Waals surface area contributed by atoms with Crippen molar-refractivity contribution in [3.63, 3.8) is 0 Å². The number of rotatable bonds is 6. The Bertz CT molecular complexity index is 1540. The Morgan fingerprint density at radius 3 is 2.35 bits per heavy atom. The summed E-state index contributed by atoms with van der Waals surface area (Å²) in [4.78, 5) is 34.6. The summed E-state index contributed by atoms with van der Waals surface area (Å²) < 4.78 is 11.5. The summed E-state index contributed by atoms with van der Waals surface area (Å²) in [5.74, 6) is 1.41. The maximum Gasteiger partial charge on any atom is 0.242 e. The number of ether oxygens (including phenoxy) is 2. The van der Waals surface area contributed by atoms with Crippen LogP contribution in [-0.2, 0) is 9.59 Å². The molecule has 0 spiro atoms. The van der Waals surface area contributed by atoms with Crippen molar-refractivity contribution in [1.29, 1.82) is 0 Å². The van der Waals surface area contributed by atoms with Crippen LogP contribution in [0.25, 0.3) is 0 Å². The van der Waals surface area contributed by atoms with E-state index in [0.29, 0.717) is 43.0 Å². The van der Waals surface area contributed by atoms with Gasteiger partial charge < -0.3 is 29.5 Å². The molecule has 43 heavy (non-hydrogen) atoms. The highest BCUT2D eigenvalue weighted by Crippen LogP contribution is 2.50. The zero-order chi connectivity index (χ0) is 30.1. The lowest BCUT2D eigenvalue weighted by molar-refractivity contribution is -0.130. The molecule has 0 bridgehead atoms. The summed E-state index contributed by atoms with van der Waals surface area (Å²) >= 11 is 0. The summed E-state index contributed by atoms with van der Waals surface area (Å²) in [5, 5.41) is 3.63. The predicted molar refractivity (Wildman–Crippen MR) is 170 cm³/mol. The highest BCUT2D eigenvalue weighted by Gasteiger charge is 2.43. The summed E-state index contributed by atoms with van der Waals surface area (Å²) in [6.45, 7) is 7.18. The topological polar surface area (TPSA) is 74.3 Å². The fraction of sp³-hybridized carbons (Fsp3) is 0.371. The molecule has 8 nitrogen and oxygen atoms in total. The molecule has 6 rings (SSSR count). The molecule has 3 aromatic rings. The number of hydrogen-bond donors (Lipinski definition) is 1. The van der Waals surface area contributed by atoms with Gasteiger partial charge in [0.1, 0.15) is 11.5 Å². The van der Waals surface area contributed by atoms with E-state index in [1.165, 1.54) is 5.69 Å². The molecule has 224 valence electrons. The molecule has 1 unspecified atom stereocenters. The molecule has 2 aliphatic heterocycles. The van der Waals surface area contributed by atoms with E-state index in [1.807, 2.05) is 65.6 Å². The fourth-order valence-corrected chi connectivity index (χ4v) is 6.70. The maximum absolute atomic E-state index is 14.1. The van der Waals surface area contributed by atoms with Crippen molar-refractivity contribution in [2.75, 3.05) is 62.1 Å². The van der Waals surface area contributed by atoms with E-state index in [1.54, 1.807) is 14.2 Å². The number of hydrogen-bond acceptors (Lipinski definition) is 7. The first-order valence-electron chi connectivity index (χ1n) is 15.0. The van der Waals surface area contributed by atoms with E-state index >= 15 is 0 Å². The second-order valence-electron chi connectivity index (χ2n) is 12.3. The van der Waals surface area contributed by atoms with E-state index in [-0.39, 0.29) is 23.7 Å². The van der Waals surface area contributed by atoms with Crippen molar-refractivity contribution in [1.82, 2.24) is 4.90 Å². The number of carbonyl (C=O) groups excluding carboxylic acids is 2. The van der Waals surface area contributed by atoms with Crippen LogP contribution in [0.4, 0.5) is 17.1 Å². The third-order valence-electron chi connectivity index (χ3n) is 8.79. The van der Waals surface area contributed by atoms with Crippen LogP contribution >= 0.6 is 0 Å². The number of allylic oxidation sites excluding steroid dienone is 1.